The Morgan fingerprint density at radius 3 is 2.38 bits per heavy atom. The van der Waals surface area contributed by atoms with Gasteiger partial charge in [0, 0.05) is 20.9 Å². The lowest BCUT2D eigenvalue weighted by molar-refractivity contribution is -0.115. The number of nitrogens with one attached hydrogen (secondary N) is 3. The molecule has 0 fully saturated rings. The standard InChI is InChI=1S/C15H24N4OS.C9H18O.C2H6.CH4.H2/c1-3-6-16-7-8-17-10-14(20)19-15-18-12-5-4-11(2)9-13(12)21-15;1-2-3-4-5-6-7-8-9-10;1-2;;/h9,16-17H,3-8,10H2,1-2H3,(H,18,19,20);9H,2-8H2,1H3;1-2H3;1H4;1H. The van der Waals surface area contributed by atoms with E-state index in [1.807, 2.05) is 13.8 Å². The molecule has 1 aromatic heterocycles. The van der Waals surface area contributed by atoms with Crippen molar-refractivity contribution in [2.24, 2.45) is 0 Å². The van der Waals surface area contributed by atoms with E-state index >= 15 is 0 Å². The van der Waals surface area contributed by atoms with Crippen molar-refractivity contribution in [3.63, 3.8) is 0 Å². The maximum atomic E-state index is 11.8. The van der Waals surface area contributed by atoms with Crippen molar-refractivity contribution in [1.82, 2.24) is 15.6 Å². The zero-order valence-corrected chi connectivity index (χ0v) is 22.5. The molecule has 1 aliphatic rings. The highest BCUT2D eigenvalue weighted by atomic mass is 32.1. The maximum absolute atomic E-state index is 11.8. The molecule has 3 N–H and O–H groups in total. The minimum absolute atomic E-state index is 0. The summed E-state index contributed by atoms with van der Waals surface area (Å²) in [6, 6.07) is 0. The number of anilines is 1. The molecule has 0 unspecified atom stereocenters. The molecule has 1 aliphatic carbocycles. The first-order valence-corrected chi connectivity index (χ1v) is 13.7. The zero-order chi connectivity index (χ0) is 24.7. The van der Waals surface area contributed by atoms with Crippen LogP contribution in [-0.2, 0) is 16.0 Å². The second kappa shape index (κ2) is 24.6. The van der Waals surface area contributed by atoms with Crippen LogP contribution in [0.5, 0.6) is 0 Å². The molecule has 6 nitrogen and oxygen atoms in total. The van der Waals surface area contributed by atoms with Crippen LogP contribution in [0.4, 0.5) is 5.13 Å². The number of aldehydes is 1. The molecule has 0 saturated carbocycles. The van der Waals surface area contributed by atoms with Gasteiger partial charge in [0.05, 0.1) is 17.1 Å². The lowest BCUT2D eigenvalue weighted by Crippen LogP contribution is -2.33. The number of aromatic nitrogens is 1. The fourth-order valence-corrected chi connectivity index (χ4v) is 4.23. The van der Waals surface area contributed by atoms with E-state index in [2.05, 4.69) is 47.8 Å². The molecule has 200 valence electrons. The topological polar surface area (TPSA) is 83.1 Å². The number of allylic oxidation sites excluding steroid dienone is 1. The summed E-state index contributed by atoms with van der Waals surface area (Å²) in [7, 11) is 0. The molecule has 7 heteroatoms. The number of amides is 1. The lowest BCUT2D eigenvalue weighted by atomic mass is 10.0. The molecule has 2 rings (SSSR count). The highest BCUT2D eigenvalue weighted by Crippen LogP contribution is 2.30. The number of aryl methyl sites for hydroxylation is 1. The summed E-state index contributed by atoms with van der Waals surface area (Å²) in [5.74, 6) is -0.0303. The van der Waals surface area contributed by atoms with Crippen LogP contribution in [0.1, 0.15) is 112 Å². The third-order valence-electron chi connectivity index (χ3n) is 4.97. The molecule has 0 radical (unpaired) electrons. The number of carbonyl (C=O) groups excluding carboxylic acids is 2. The maximum Gasteiger partial charge on any atom is 0.240 e. The molecule has 0 aliphatic heterocycles. The Bertz CT molecular complexity index is 666. The quantitative estimate of drug-likeness (QED) is 0.182. The Morgan fingerprint density at radius 2 is 1.71 bits per heavy atom. The van der Waals surface area contributed by atoms with E-state index in [-0.39, 0.29) is 14.8 Å². The van der Waals surface area contributed by atoms with Gasteiger partial charge in [0.1, 0.15) is 6.29 Å². The van der Waals surface area contributed by atoms with Crippen LogP contribution in [0.3, 0.4) is 0 Å². The van der Waals surface area contributed by atoms with Crippen molar-refractivity contribution < 1.29 is 11.0 Å². The summed E-state index contributed by atoms with van der Waals surface area (Å²) < 4.78 is 0. The number of nitrogens with zero attached hydrogens (tertiary/aromatic N) is 1. The van der Waals surface area contributed by atoms with Gasteiger partial charge < -0.3 is 20.7 Å². The predicted octanol–water partition coefficient (Wildman–Crippen LogP) is 6.86. The average Bonchev–Trinajstić information content (AvgIpc) is 3.21. The monoisotopic (exact) mass is 498 g/mol. The van der Waals surface area contributed by atoms with Gasteiger partial charge in [-0.3, -0.25) is 4.79 Å². The van der Waals surface area contributed by atoms with E-state index in [1.54, 1.807) is 11.3 Å². The van der Waals surface area contributed by atoms with Crippen LogP contribution in [0, 0.1) is 0 Å². The van der Waals surface area contributed by atoms with Crippen molar-refractivity contribution in [3.05, 3.63) is 16.1 Å². The van der Waals surface area contributed by atoms with Gasteiger partial charge >= 0.3 is 0 Å². The highest BCUT2D eigenvalue weighted by molar-refractivity contribution is 7.16. The van der Waals surface area contributed by atoms with Crippen molar-refractivity contribution in [1.29, 1.82) is 0 Å². The van der Waals surface area contributed by atoms with Gasteiger partial charge in [0.2, 0.25) is 5.91 Å². The third kappa shape index (κ3) is 17.8. The largest absolute Gasteiger partial charge is 0.315 e. The number of carbonyl (C=O) groups is 2. The van der Waals surface area contributed by atoms with Crippen LogP contribution in [-0.4, -0.2) is 43.4 Å². The molecule has 0 bridgehead atoms. The van der Waals surface area contributed by atoms with E-state index in [1.165, 1.54) is 42.6 Å². The van der Waals surface area contributed by atoms with Gasteiger partial charge in [-0.15, -0.1) is 0 Å². The minimum atomic E-state index is -0.0303. The Morgan fingerprint density at radius 1 is 1.03 bits per heavy atom. The molecule has 0 saturated heterocycles. The van der Waals surface area contributed by atoms with Gasteiger partial charge in [-0.25, -0.2) is 4.98 Å². The van der Waals surface area contributed by atoms with Crippen molar-refractivity contribution >= 4 is 34.7 Å². The number of fused-ring (bicyclic) bond motifs is 1. The molecule has 0 atom stereocenters. The number of thiazole rings is 1. The molecule has 1 amide bonds. The fraction of sp³-hybridized carbons (Fsp3) is 0.741. The van der Waals surface area contributed by atoms with E-state index < -0.39 is 0 Å². The second-order valence-corrected chi connectivity index (χ2v) is 9.05. The van der Waals surface area contributed by atoms with Crippen molar-refractivity contribution in [2.45, 2.75) is 106 Å². The molecular weight excluding hydrogens is 444 g/mol. The first-order valence-electron chi connectivity index (χ1n) is 12.9. The van der Waals surface area contributed by atoms with Crippen molar-refractivity contribution in [2.75, 3.05) is 31.5 Å². The molecule has 1 aromatic rings. The molecular formula is C27H54N4O2S. The summed E-state index contributed by atoms with van der Waals surface area (Å²) in [5.41, 5.74) is 2.49. The lowest BCUT2D eigenvalue weighted by Gasteiger charge is -2.06. The summed E-state index contributed by atoms with van der Waals surface area (Å²) in [5, 5.41) is 9.99. The van der Waals surface area contributed by atoms with Gasteiger partial charge in [-0.2, -0.15) is 0 Å². The van der Waals surface area contributed by atoms with Crippen molar-refractivity contribution in [3.8, 4) is 0 Å². The summed E-state index contributed by atoms with van der Waals surface area (Å²) >= 11 is 1.56. The second-order valence-electron chi connectivity index (χ2n) is 8.02. The Hall–Kier alpha value is -1.57. The Balaban J connectivity index is -0.000000628. The summed E-state index contributed by atoms with van der Waals surface area (Å²) in [6.07, 6.45) is 14.7. The van der Waals surface area contributed by atoms with E-state index in [0.717, 1.165) is 63.7 Å². The first-order chi connectivity index (χ1) is 16.1. The van der Waals surface area contributed by atoms with Crippen LogP contribution >= 0.6 is 11.3 Å². The molecule has 34 heavy (non-hydrogen) atoms. The molecule has 0 aromatic carbocycles. The average molecular weight is 499 g/mol. The van der Waals surface area contributed by atoms with Crippen LogP contribution in [0.2, 0.25) is 0 Å². The SMILES string of the molecule is C.CC.CCCCCCCCC=O.CCCNCCNCC(=O)Nc1nc2c(s1)C=C(C)CC2.[HH]. The van der Waals surface area contributed by atoms with Gasteiger partial charge in [-0.05, 0) is 45.2 Å². The summed E-state index contributed by atoms with van der Waals surface area (Å²) in [4.78, 5) is 27.4. The highest BCUT2D eigenvalue weighted by Gasteiger charge is 2.15. The Kier molecular flexibility index (Phi) is 25.0. The van der Waals surface area contributed by atoms with E-state index in [0.29, 0.717) is 11.7 Å². The first kappa shape index (κ1) is 34.6. The zero-order valence-electron chi connectivity index (χ0n) is 21.7. The van der Waals surface area contributed by atoms with E-state index in [4.69, 9.17) is 0 Å². The minimum Gasteiger partial charge on any atom is -0.315 e. The smallest absolute Gasteiger partial charge is 0.240 e. The molecule has 1 heterocycles. The normalized spacial score (nSPS) is 11.5. The van der Waals surface area contributed by atoms with Crippen LogP contribution < -0.4 is 16.0 Å². The van der Waals surface area contributed by atoms with Gasteiger partial charge in [0.25, 0.3) is 0 Å². The number of hydrogen-bond donors (Lipinski definition) is 3. The predicted molar refractivity (Wildman–Crippen MR) is 153 cm³/mol. The number of hydrogen-bond acceptors (Lipinski definition) is 6. The third-order valence-corrected chi connectivity index (χ3v) is 5.93. The fourth-order valence-electron chi connectivity index (χ4n) is 3.17. The van der Waals surface area contributed by atoms with Crippen LogP contribution in [0.15, 0.2) is 5.57 Å². The number of rotatable bonds is 15. The molecule has 0 spiro atoms. The van der Waals surface area contributed by atoms with Gasteiger partial charge in [-0.1, -0.05) is 84.1 Å². The number of unbranched alkanes of at least 4 members (excludes halogenated alkanes) is 6. The van der Waals surface area contributed by atoms with Crippen LogP contribution in [0.25, 0.3) is 6.08 Å². The summed E-state index contributed by atoms with van der Waals surface area (Å²) in [6.45, 7) is 13.5. The van der Waals surface area contributed by atoms with E-state index in [9.17, 15) is 9.59 Å². The Labute approximate surface area is 215 Å². The van der Waals surface area contributed by atoms with Gasteiger partial charge in [0.15, 0.2) is 5.13 Å².